The van der Waals surface area contributed by atoms with Crippen molar-refractivity contribution in [2.45, 2.75) is 83.5 Å². The molecular weight excluding hydrogens is 293 g/mol. The van der Waals surface area contributed by atoms with Crippen molar-refractivity contribution in [3.63, 3.8) is 0 Å². The first-order chi connectivity index (χ1) is 10.4. The highest BCUT2D eigenvalue weighted by molar-refractivity contribution is 5.85. The van der Waals surface area contributed by atoms with Crippen LogP contribution in [0.3, 0.4) is 0 Å². The number of carbonyl (C=O) groups is 1. The molecule has 1 N–H and O–H groups in total. The van der Waals surface area contributed by atoms with Gasteiger partial charge in [-0.25, -0.2) is 0 Å². The van der Waals surface area contributed by atoms with Gasteiger partial charge in [-0.3, -0.25) is 9.69 Å². The zero-order valence-electron chi connectivity index (χ0n) is 13.7. The lowest BCUT2D eigenvalue weighted by atomic mass is 10.2. The summed E-state index contributed by atoms with van der Waals surface area (Å²) in [6, 6.07) is -2.59. The molecule has 0 aromatic carbocycles. The SMILES string of the molecule is CCCCCCNC(=O)C1C(C(F)(F)F)N1CCCCCC. The minimum Gasteiger partial charge on any atom is -0.355 e. The molecular formula is C16H29F3N2O. The van der Waals surface area contributed by atoms with Gasteiger partial charge in [0.1, 0.15) is 12.1 Å². The van der Waals surface area contributed by atoms with E-state index in [0.29, 0.717) is 13.1 Å². The number of carbonyl (C=O) groups excluding carboxylic acids is 1. The molecule has 1 heterocycles. The molecule has 0 spiro atoms. The number of hydrogen-bond donors (Lipinski definition) is 1. The molecule has 22 heavy (non-hydrogen) atoms. The largest absolute Gasteiger partial charge is 0.406 e. The Morgan fingerprint density at radius 3 is 2.14 bits per heavy atom. The van der Waals surface area contributed by atoms with Gasteiger partial charge in [0.2, 0.25) is 5.91 Å². The Kier molecular flexibility index (Phi) is 8.21. The predicted molar refractivity (Wildman–Crippen MR) is 81.6 cm³/mol. The molecule has 1 aliphatic rings. The minimum absolute atomic E-state index is 0.359. The molecule has 3 atom stereocenters. The fraction of sp³-hybridized carbons (Fsp3) is 0.938. The number of nitrogens with zero attached hydrogens (tertiary/aromatic N) is 1. The standard InChI is InChI=1S/C16H29F3N2O/c1-3-5-7-9-11-20-15(22)13-14(16(17,18)19)21(13)12-10-8-6-4-2/h13-14H,3-12H2,1-2H3,(H,20,22). The molecule has 1 amide bonds. The van der Waals surface area contributed by atoms with Gasteiger partial charge in [0.25, 0.3) is 0 Å². The van der Waals surface area contributed by atoms with Gasteiger partial charge < -0.3 is 5.32 Å². The fourth-order valence-corrected chi connectivity index (χ4v) is 2.80. The van der Waals surface area contributed by atoms with Gasteiger partial charge in [-0.15, -0.1) is 0 Å². The molecule has 0 bridgehead atoms. The van der Waals surface area contributed by atoms with Gasteiger partial charge in [-0.2, -0.15) is 13.2 Å². The van der Waals surface area contributed by atoms with Crippen molar-refractivity contribution in [1.82, 2.24) is 10.2 Å². The Hall–Kier alpha value is -0.780. The van der Waals surface area contributed by atoms with E-state index in [9.17, 15) is 18.0 Å². The Bertz CT molecular complexity index is 334. The first kappa shape index (κ1) is 19.3. The molecule has 3 nitrogen and oxygen atoms in total. The molecule has 0 radical (unpaired) electrons. The Labute approximate surface area is 131 Å². The summed E-state index contributed by atoms with van der Waals surface area (Å²) in [7, 11) is 0. The van der Waals surface area contributed by atoms with Crippen LogP contribution in [0.1, 0.15) is 65.2 Å². The molecule has 1 saturated heterocycles. The summed E-state index contributed by atoms with van der Waals surface area (Å²) >= 11 is 0. The quantitative estimate of drug-likeness (QED) is 0.462. The van der Waals surface area contributed by atoms with Crippen molar-refractivity contribution in [3.05, 3.63) is 0 Å². The van der Waals surface area contributed by atoms with Crippen LogP contribution in [-0.4, -0.2) is 42.2 Å². The van der Waals surface area contributed by atoms with Crippen molar-refractivity contribution in [1.29, 1.82) is 0 Å². The second kappa shape index (κ2) is 9.38. The third-order valence-corrected chi connectivity index (χ3v) is 4.13. The molecule has 6 heteroatoms. The molecule has 0 aromatic heterocycles. The van der Waals surface area contributed by atoms with E-state index < -0.39 is 24.2 Å². The predicted octanol–water partition coefficient (Wildman–Crippen LogP) is 3.88. The smallest absolute Gasteiger partial charge is 0.355 e. The lowest BCUT2D eigenvalue weighted by Gasteiger charge is -2.06. The third-order valence-electron chi connectivity index (χ3n) is 4.13. The van der Waals surface area contributed by atoms with Gasteiger partial charge in [0.15, 0.2) is 0 Å². The summed E-state index contributed by atoms with van der Waals surface area (Å²) in [4.78, 5) is 13.2. The van der Waals surface area contributed by atoms with E-state index in [0.717, 1.165) is 51.4 Å². The summed E-state index contributed by atoms with van der Waals surface area (Å²) in [6.07, 6.45) is 3.43. The Morgan fingerprint density at radius 1 is 1.00 bits per heavy atom. The molecule has 1 aliphatic heterocycles. The third kappa shape index (κ3) is 6.15. The number of halogens is 3. The first-order valence-electron chi connectivity index (χ1n) is 8.53. The topological polar surface area (TPSA) is 32.1 Å². The van der Waals surface area contributed by atoms with Crippen LogP contribution in [0, 0.1) is 0 Å². The fourth-order valence-electron chi connectivity index (χ4n) is 2.80. The summed E-state index contributed by atoms with van der Waals surface area (Å²) < 4.78 is 38.8. The minimum atomic E-state index is -4.31. The highest BCUT2D eigenvalue weighted by atomic mass is 19.4. The summed E-state index contributed by atoms with van der Waals surface area (Å²) in [5.74, 6) is -0.464. The average molecular weight is 322 g/mol. The van der Waals surface area contributed by atoms with Crippen molar-refractivity contribution in [3.8, 4) is 0 Å². The van der Waals surface area contributed by atoms with E-state index in [1.165, 1.54) is 4.90 Å². The van der Waals surface area contributed by atoms with Gasteiger partial charge >= 0.3 is 6.18 Å². The monoisotopic (exact) mass is 322 g/mol. The normalized spacial score (nSPS) is 24.3. The number of hydrogen-bond acceptors (Lipinski definition) is 2. The maximum Gasteiger partial charge on any atom is 0.406 e. The van der Waals surface area contributed by atoms with Crippen LogP contribution in [0.4, 0.5) is 13.2 Å². The number of alkyl halides is 3. The van der Waals surface area contributed by atoms with E-state index in [2.05, 4.69) is 19.2 Å². The van der Waals surface area contributed by atoms with Crippen LogP contribution >= 0.6 is 0 Å². The van der Waals surface area contributed by atoms with Crippen LogP contribution < -0.4 is 5.32 Å². The van der Waals surface area contributed by atoms with Crippen LogP contribution in [0.15, 0.2) is 0 Å². The lowest BCUT2D eigenvalue weighted by Crippen LogP contribution is -2.33. The van der Waals surface area contributed by atoms with E-state index in [4.69, 9.17) is 0 Å². The van der Waals surface area contributed by atoms with E-state index in [1.54, 1.807) is 0 Å². The molecule has 1 fully saturated rings. The van der Waals surface area contributed by atoms with Crippen molar-refractivity contribution < 1.29 is 18.0 Å². The van der Waals surface area contributed by atoms with Crippen LogP contribution in [-0.2, 0) is 4.79 Å². The van der Waals surface area contributed by atoms with Gasteiger partial charge in [-0.1, -0.05) is 52.4 Å². The lowest BCUT2D eigenvalue weighted by molar-refractivity contribution is -0.140. The highest BCUT2D eigenvalue weighted by Gasteiger charge is 2.65. The molecule has 0 aliphatic carbocycles. The molecule has 0 aromatic rings. The van der Waals surface area contributed by atoms with Gasteiger partial charge in [0, 0.05) is 6.54 Å². The van der Waals surface area contributed by atoms with Gasteiger partial charge in [-0.05, 0) is 19.4 Å². The van der Waals surface area contributed by atoms with Crippen LogP contribution in [0.5, 0.6) is 0 Å². The maximum absolute atomic E-state index is 12.9. The highest BCUT2D eigenvalue weighted by Crippen LogP contribution is 2.41. The van der Waals surface area contributed by atoms with E-state index in [1.807, 2.05) is 0 Å². The zero-order chi connectivity index (χ0) is 16.6. The number of unbranched alkanes of at least 4 members (excludes halogenated alkanes) is 6. The Balaban J connectivity index is 2.35. The van der Waals surface area contributed by atoms with Gasteiger partial charge in [0.05, 0.1) is 0 Å². The number of amides is 1. The van der Waals surface area contributed by atoms with Crippen molar-refractivity contribution in [2.75, 3.05) is 13.1 Å². The number of nitrogens with one attached hydrogen (secondary N) is 1. The zero-order valence-corrected chi connectivity index (χ0v) is 13.7. The average Bonchev–Trinajstić information content (AvgIpc) is 3.18. The second-order valence-electron chi connectivity index (χ2n) is 6.08. The van der Waals surface area contributed by atoms with Crippen LogP contribution in [0.25, 0.3) is 0 Å². The summed E-state index contributed by atoms with van der Waals surface area (Å²) in [6.45, 7) is 4.99. The van der Waals surface area contributed by atoms with Crippen LogP contribution in [0.2, 0.25) is 0 Å². The molecule has 3 unspecified atom stereocenters. The summed E-state index contributed by atoms with van der Waals surface area (Å²) in [5.41, 5.74) is 0. The van der Waals surface area contributed by atoms with E-state index in [-0.39, 0.29) is 0 Å². The molecule has 0 saturated carbocycles. The molecule has 1 rings (SSSR count). The Morgan fingerprint density at radius 2 is 1.59 bits per heavy atom. The first-order valence-corrected chi connectivity index (χ1v) is 8.53. The van der Waals surface area contributed by atoms with Crippen molar-refractivity contribution >= 4 is 5.91 Å². The number of rotatable bonds is 11. The summed E-state index contributed by atoms with van der Waals surface area (Å²) in [5, 5.41) is 2.66. The molecule has 130 valence electrons. The van der Waals surface area contributed by atoms with Crippen molar-refractivity contribution in [2.24, 2.45) is 0 Å². The second-order valence-corrected chi connectivity index (χ2v) is 6.08. The van der Waals surface area contributed by atoms with E-state index >= 15 is 0 Å². The maximum atomic E-state index is 12.9.